The number of guanidine groups is 1. The molecule has 1 fully saturated rings. The van der Waals surface area contributed by atoms with Crippen LogP contribution in [0.2, 0.25) is 0 Å². The van der Waals surface area contributed by atoms with Crippen LogP contribution in [-0.4, -0.2) is 71.0 Å². The first-order valence-corrected chi connectivity index (χ1v) is 8.77. The van der Waals surface area contributed by atoms with Gasteiger partial charge in [-0.15, -0.1) is 0 Å². The average Bonchev–Trinajstić information content (AvgIpc) is 2.67. The highest BCUT2D eigenvalue weighted by atomic mass is 15.4. The van der Waals surface area contributed by atoms with Gasteiger partial charge in [-0.1, -0.05) is 11.8 Å². The number of nitrogens with zero attached hydrogens (tertiary/aromatic N) is 6. The number of pyridine rings is 1. The molecule has 0 aromatic carbocycles. The summed E-state index contributed by atoms with van der Waals surface area (Å²) in [5.41, 5.74) is 8.28. The molecule has 3 heterocycles. The molecule has 27 heavy (non-hydrogen) atoms. The van der Waals surface area contributed by atoms with Gasteiger partial charge in [-0.05, 0) is 19.1 Å². The third-order valence-electron chi connectivity index (χ3n) is 4.38. The maximum Gasteiger partial charge on any atom is 0.222 e. The Morgan fingerprint density at radius 2 is 1.93 bits per heavy atom. The largest absolute Gasteiger partial charge is 0.368 e. The van der Waals surface area contributed by atoms with Crippen molar-refractivity contribution in [3.05, 3.63) is 41.3 Å². The minimum absolute atomic E-state index is 0.248. The van der Waals surface area contributed by atoms with Gasteiger partial charge in [0, 0.05) is 58.2 Å². The summed E-state index contributed by atoms with van der Waals surface area (Å²) in [4.78, 5) is 18.9. The second kappa shape index (κ2) is 7.91. The number of anilines is 2. The van der Waals surface area contributed by atoms with Gasteiger partial charge in [-0.3, -0.25) is 10.4 Å². The van der Waals surface area contributed by atoms with Gasteiger partial charge in [0.1, 0.15) is 5.82 Å². The van der Waals surface area contributed by atoms with E-state index in [0.717, 1.165) is 48.8 Å². The summed E-state index contributed by atoms with van der Waals surface area (Å²) in [5.74, 6) is 7.85. The molecule has 1 saturated heterocycles. The molecule has 2 aromatic rings. The quantitative estimate of drug-likeness (QED) is 0.438. The fourth-order valence-corrected chi connectivity index (χ4v) is 2.94. The van der Waals surface area contributed by atoms with Crippen LogP contribution >= 0.6 is 0 Å². The highest BCUT2D eigenvalue weighted by molar-refractivity contribution is 5.76. The Hall–Kier alpha value is -3.34. The average molecular weight is 364 g/mol. The van der Waals surface area contributed by atoms with Crippen molar-refractivity contribution in [2.45, 2.75) is 6.92 Å². The Kier molecular flexibility index (Phi) is 5.41. The third kappa shape index (κ3) is 4.26. The topological polar surface area (TPSA) is 98.3 Å². The summed E-state index contributed by atoms with van der Waals surface area (Å²) < 4.78 is 0. The van der Waals surface area contributed by atoms with E-state index in [1.165, 1.54) is 0 Å². The van der Waals surface area contributed by atoms with Crippen LogP contribution in [0.3, 0.4) is 0 Å². The van der Waals surface area contributed by atoms with Gasteiger partial charge >= 0.3 is 0 Å². The highest BCUT2D eigenvalue weighted by Crippen LogP contribution is 2.22. The summed E-state index contributed by atoms with van der Waals surface area (Å²) >= 11 is 0. The summed E-state index contributed by atoms with van der Waals surface area (Å²) in [6, 6.07) is 3.77. The van der Waals surface area contributed by atoms with Gasteiger partial charge in [-0.2, -0.15) is 4.98 Å². The third-order valence-corrected chi connectivity index (χ3v) is 4.38. The lowest BCUT2D eigenvalue weighted by atomic mass is 10.1. The molecule has 0 amide bonds. The molecule has 0 saturated carbocycles. The van der Waals surface area contributed by atoms with Crippen LogP contribution in [0.15, 0.2) is 24.5 Å². The monoisotopic (exact) mass is 364 g/mol. The zero-order valence-corrected chi connectivity index (χ0v) is 15.9. The van der Waals surface area contributed by atoms with E-state index < -0.39 is 0 Å². The van der Waals surface area contributed by atoms with E-state index in [1.807, 2.05) is 38.1 Å². The van der Waals surface area contributed by atoms with E-state index >= 15 is 0 Å². The minimum atomic E-state index is 0.248. The Bertz CT molecular complexity index is 874. The van der Waals surface area contributed by atoms with Gasteiger partial charge < -0.3 is 20.4 Å². The Morgan fingerprint density at radius 3 is 2.56 bits per heavy atom. The van der Waals surface area contributed by atoms with E-state index in [2.05, 4.69) is 36.6 Å². The van der Waals surface area contributed by atoms with Crippen molar-refractivity contribution in [3.63, 3.8) is 0 Å². The molecule has 0 aliphatic carbocycles. The van der Waals surface area contributed by atoms with E-state index in [0.29, 0.717) is 5.96 Å². The predicted molar refractivity (Wildman–Crippen MR) is 107 cm³/mol. The summed E-state index contributed by atoms with van der Waals surface area (Å²) in [5, 5.41) is 8.14. The normalized spacial score (nSPS) is 13.7. The molecule has 8 heteroatoms. The van der Waals surface area contributed by atoms with Crippen molar-refractivity contribution in [1.82, 2.24) is 24.8 Å². The van der Waals surface area contributed by atoms with Crippen molar-refractivity contribution >= 4 is 17.7 Å². The lowest BCUT2D eigenvalue weighted by Crippen LogP contribution is -2.52. The van der Waals surface area contributed by atoms with Gasteiger partial charge in [0.05, 0.1) is 11.3 Å². The lowest BCUT2D eigenvalue weighted by molar-refractivity contribution is 0.339. The molecule has 2 aromatic heterocycles. The fourth-order valence-electron chi connectivity index (χ4n) is 2.94. The molecule has 0 unspecified atom stereocenters. The van der Waals surface area contributed by atoms with Crippen LogP contribution in [0.25, 0.3) is 0 Å². The predicted octanol–water partition coefficient (Wildman–Crippen LogP) is 0.780. The first-order valence-electron chi connectivity index (χ1n) is 8.77. The van der Waals surface area contributed by atoms with Crippen molar-refractivity contribution in [2.75, 3.05) is 50.9 Å². The molecule has 0 spiro atoms. The molecule has 1 aliphatic heterocycles. The number of nitrogen functional groups attached to an aromatic ring is 1. The molecule has 0 radical (unpaired) electrons. The van der Waals surface area contributed by atoms with Crippen molar-refractivity contribution in [1.29, 1.82) is 5.41 Å². The van der Waals surface area contributed by atoms with E-state index in [1.54, 1.807) is 12.4 Å². The van der Waals surface area contributed by atoms with Gasteiger partial charge in [-0.25, -0.2) is 4.98 Å². The number of piperazine rings is 1. The van der Waals surface area contributed by atoms with Gasteiger partial charge in [0.15, 0.2) is 5.96 Å². The van der Waals surface area contributed by atoms with Crippen LogP contribution in [0.1, 0.15) is 16.8 Å². The zero-order valence-electron chi connectivity index (χ0n) is 15.9. The Labute approximate surface area is 159 Å². The smallest absolute Gasteiger partial charge is 0.222 e. The summed E-state index contributed by atoms with van der Waals surface area (Å²) in [6.45, 7) is 4.87. The number of hydrogen-bond acceptors (Lipinski definition) is 6. The number of nitrogens with two attached hydrogens (primary N) is 1. The minimum Gasteiger partial charge on any atom is -0.368 e. The summed E-state index contributed by atoms with van der Waals surface area (Å²) in [6.07, 6.45) is 3.45. The number of aromatic nitrogens is 3. The maximum absolute atomic E-state index is 8.14. The molecule has 3 rings (SSSR count). The molecule has 8 nitrogen and oxygen atoms in total. The van der Waals surface area contributed by atoms with Crippen LogP contribution in [-0.2, 0) is 0 Å². The molecule has 3 N–H and O–H groups in total. The lowest BCUT2D eigenvalue weighted by Gasteiger charge is -2.38. The Morgan fingerprint density at radius 1 is 1.19 bits per heavy atom. The number of nitrogens with one attached hydrogen (secondary N) is 1. The number of aryl methyl sites for hydroxylation is 1. The molecular weight excluding hydrogens is 340 g/mol. The van der Waals surface area contributed by atoms with E-state index in [9.17, 15) is 0 Å². The van der Waals surface area contributed by atoms with Gasteiger partial charge in [0.25, 0.3) is 0 Å². The number of hydrogen-bond donors (Lipinski definition) is 2. The molecule has 1 aliphatic rings. The first-order chi connectivity index (χ1) is 13.0. The summed E-state index contributed by atoms with van der Waals surface area (Å²) in [7, 11) is 3.77. The van der Waals surface area contributed by atoms with E-state index in [4.69, 9.17) is 11.1 Å². The van der Waals surface area contributed by atoms with Crippen molar-refractivity contribution < 1.29 is 0 Å². The van der Waals surface area contributed by atoms with Crippen LogP contribution in [0.4, 0.5) is 11.8 Å². The molecule has 140 valence electrons. The van der Waals surface area contributed by atoms with Crippen molar-refractivity contribution in [2.24, 2.45) is 0 Å². The molecular formula is C19H24N8. The highest BCUT2D eigenvalue weighted by Gasteiger charge is 2.23. The Balaban J connectivity index is 1.86. The van der Waals surface area contributed by atoms with Gasteiger partial charge in [0.2, 0.25) is 5.95 Å². The van der Waals surface area contributed by atoms with Crippen LogP contribution < -0.4 is 10.6 Å². The molecule has 0 atom stereocenters. The second-order valence-electron chi connectivity index (χ2n) is 6.55. The maximum atomic E-state index is 8.14. The fraction of sp³-hybridized carbons (Fsp3) is 0.368. The standard InChI is InChI=1S/C19H24N8/c1-14-16(7-6-15-5-4-8-22-13-15)17(24-18(20)23-14)26-9-11-27(12-10-26)19(21)25(2)3/h4-5,8,13,21H,9-12H2,1-3H3,(H2,20,23,24). The van der Waals surface area contributed by atoms with Crippen molar-refractivity contribution in [3.8, 4) is 11.8 Å². The number of rotatable bonds is 1. The second-order valence-corrected chi connectivity index (χ2v) is 6.55. The zero-order chi connectivity index (χ0) is 19.4. The SMILES string of the molecule is Cc1nc(N)nc(N2CCN(C(=N)N(C)C)CC2)c1C#Cc1cccnc1. The van der Waals surface area contributed by atoms with E-state index in [-0.39, 0.29) is 5.95 Å². The van der Waals surface area contributed by atoms with Crippen LogP contribution in [0.5, 0.6) is 0 Å². The van der Waals surface area contributed by atoms with Crippen LogP contribution in [0, 0.1) is 24.2 Å². The first kappa shape index (κ1) is 18.5. The molecule has 0 bridgehead atoms.